The molecule has 2 N–H and O–H groups in total. The van der Waals surface area contributed by atoms with Crippen LogP contribution in [0.4, 0.5) is 5.69 Å². The second kappa shape index (κ2) is 6.10. The summed E-state index contributed by atoms with van der Waals surface area (Å²) in [6.07, 6.45) is 0. The number of benzene rings is 2. The molecular weight excluding hydrogens is 254 g/mol. The Morgan fingerprint density at radius 1 is 1.20 bits per heavy atom. The summed E-state index contributed by atoms with van der Waals surface area (Å²) in [5.41, 5.74) is 8.68. The lowest BCUT2D eigenvalue weighted by atomic mass is 10.1. The summed E-state index contributed by atoms with van der Waals surface area (Å²) < 4.78 is 10.3. The minimum Gasteiger partial charge on any atom is -0.495 e. The average Bonchev–Trinajstić information content (AvgIpc) is 2.44. The number of nitrogens with two attached hydrogens (primary N) is 1. The molecule has 0 aromatic heterocycles. The van der Waals surface area contributed by atoms with E-state index in [-0.39, 0.29) is 6.61 Å². The summed E-state index contributed by atoms with van der Waals surface area (Å²) >= 11 is 0. The Bertz CT molecular complexity index is 623. The van der Waals surface area contributed by atoms with Crippen LogP contribution >= 0.6 is 0 Å². The molecule has 4 heteroatoms. The van der Waals surface area contributed by atoms with Crippen molar-refractivity contribution >= 4 is 11.7 Å². The van der Waals surface area contributed by atoms with Gasteiger partial charge in [0.1, 0.15) is 12.4 Å². The van der Waals surface area contributed by atoms with E-state index in [0.29, 0.717) is 17.0 Å². The van der Waals surface area contributed by atoms with E-state index in [4.69, 9.17) is 15.2 Å². The number of rotatable bonds is 4. The van der Waals surface area contributed by atoms with Crippen molar-refractivity contribution < 1.29 is 14.3 Å². The minimum atomic E-state index is -0.402. The fourth-order valence-corrected chi connectivity index (χ4v) is 1.90. The normalized spacial score (nSPS) is 10.1. The molecule has 0 saturated heterocycles. The summed E-state index contributed by atoms with van der Waals surface area (Å²) in [4.78, 5) is 11.9. The van der Waals surface area contributed by atoms with E-state index in [1.807, 2.05) is 31.2 Å². The zero-order valence-electron chi connectivity index (χ0n) is 11.6. The minimum absolute atomic E-state index is 0.243. The molecule has 4 nitrogen and oxygen atoms in total. The second-order valence-electron chi connectivity index (χ2n) is 4.52. The number of hydrogen-bond acceptors (Lipinski definition) is 4. The number of aryl methyl sites for hydroxylation is 1. The van der Waals surface area contributed by atoms with Gasteiger partial charge in [-0.05, 0) is 30.7 Å². The highest BCUT2D eigenvalue weighted by Gasteiger charge is 2.10. The molecule has 0 radical (unpaired) electrons. The first-order valence-electron chi connectivity index (χ1n) is 6.26. The molecule has 2 aromatic rings. The maximum Gasteiger partial charge on any atom is 0.338 e. The molecule has 0 unspecified atom stereocenters. The first-order chi connectivity index (χ1) is 9.60. The number of methoxy groups -OCH3 is 1. The predicted molar refractivity (Wildman–Crippen MR) is 77.7 cm³/mol. The topological polar surface area (TPSA) is 61.5 Å². The summed E-state index contributed by atoms with van der Waals surface area (Å²) in [6.45, 7) is 2.24. The highest BCUT2D eigenvalue weighted by Crippen LogP contribution is 2.22. The molecule has 0 aliphatic carbocycles. The van der Waals surface area contributed by atoms with Crippen LogP contribution in [0.1, 0.15) is 21.5 Å². The standard InChI is InChI=1S/C16H17NO3/c1-11-4-3-5-12(8-11)10-20-16(18)13-6-7-15(19-2)14(17)9-13/h3-9H,10,17H2,1-2H3. The van der Waals surface area contributed by atoms with E-state index >= 15 is 0 Å². The molecule has 2 aromatic carbocycles. The number of carbonyl (C=O) groups is 1. The Labute approximate surface area is 118 Å². The number of anilines is 1. The van der Waals surface area contributed by atoms with Crippen LogP contribution in [-0.4, -0.2) is 13.1 Å². The molecule has 0 amide bonds. The quantitative estimate of drug-likeness (QED) is 0.686. The Hall–Kier alpha value is -2.49. The van der Waals surface area contributed by atoms with E-state index < -0.39 is 5.97 Å². The summed E-state index contributed by atoms with van der Waals surface area (Å²) in [7, 11) is 1.53. The molecular formula is C16H17NO3. The Morgan fingerprint density at radius 3 is 2.65 bits per heavy atom. The van der Waals surface area contributed by atoms with Gasteiger partial charge in [0.05, 0.1) is 18.4 Å². The van der Waals surface area contributed by atoms with Crippen molar-refractivity contribution in [3.8, 4) is 5.75 Å². The molecule has 0 bridgehead atoms. The van der Waals surface area contributed by atoms with Gasteiger partial charge in [0.2, 0.25) is 0 Å². The zero-order chi connectivity index (χ0) is 14.5. The third kappa shape index (κ3) is 3.29. The maximum atomic E-state index is 11.9. The van der Waals surface area contributed by atoms with Gasteiger partial charge in [-0.1, -0.05) is 29.8 Å². The lowest BCUT2D eigenvalue weighted by Gasteiger charge is -2.08. The van der Waals surface area contributed by atoms with Gasteiger partial charge in [0.25, 0.3) is 0 Å². The van der Waals surface area contributed by atoms with Gasteiger partial charge < -0.3 is 15.2 Å². The van der Waals surface area contributed by atoms with Gasteiger partial charge in [-0.25, -0.2) is 4.79 Å². The summed E-state index contributed by atoms with van der Waals surface area (Å²) in [6, 6.07) is 12.7. The van der Waals surface area contributed by atoms with E-state index in [1.54, 1.807) is 18.2 Å². The Morgan fingerprint density at radius 2 is 2.00 bits per heavy atom. The molecule has 0 atom stereocenters. The van der Waals surface area contributed by atoms with Crippen LogP contribution < -0.4 is 10.5 Å². The number of hydrogen-bond donors (Lipinski definition) is 1. The van der Waals surface area contributed by atoms with Crippen molar-refractivity contribution in [2.75, 3.05) is 12.8 Å². The number of nitrogen functional groups attached to an aromatic ring is 1. The Kier molecular flexibility index (Phi) is 4.25. The van der Waals surface area contributed by atoms with Gasteiger partial charge in [0, 0.05) is 0 Å². The van der Waals surface area contributed by atoms with Crippen LogP contribution in [0.25, 0.3) is 0 Å². The van der Waals surface area contributed by atoms with E-state index in [0.717, 1.165) is 11.1 Å². The lowest BCUT2D eigenvalue weighted by Crippen LogP contribution is -2.06. The molecule has 20 heavy (non-hydrogen) atoms. The van der Waals surface area contributed by atoms with Crippen molar-refractivity contribution in [2.45, 2.75) is 13.5 Å². The van der Waals surface area contributed by atoms with Crippen LogP contribution in [0, 0.1) is 6.92 Å². The van der Waals surface area contributed by atoms with Crippen LogP contribution in [0.5, 0.6) is 5.75 Å². The molecule has 0 aliphatic heterocycles. The van der Waals surface area contributed by atoms with Crippen molar-refractivity contribution in [2.24, 2.45) is 0 Å². The second-order valence-corrected chi connectivity index (χ2v) is 4.52. The monoisotopic (exact) mass is 271 g/mol. The van der Waals surface area contributed by atoms with Crippen LogP contribution in [-0.2, 0) is 11.3 Å². The summed E-state index contributed by atoms with van der Waals surface area (Å²) in [5.74, 6) is 0.140. The average molecular weight is 271 g/mol. The van der Waals surface area contributed by atoms with Crippen LogP contribution in [0.15, 0.2) is 42.5 Å². The van der Waals surface area contributed by atoms with Crippen molar-refractivity contribution in [1.29, 1.82) is 0 Å². The van der Waals surface area contributed by atoms with E-state index in [2.05, 4.69) is 0 Å². The molecule has 0 aliphatic rings. The zero-order valence-corrected chi connectivity index (χ0v) is 11.6. The molecule has 104 valence electrons. The highest BCUT2D eigenvalue weighted by atomic mass is 16.5. The third-order valence-corrected chi connectivity index (χ3v) is 2.92. The Balaban J connectivity index is 2.03. The SMILES string of the molecule is COc1ccc(C(=O)OCc2cccc(C)c2)cc1N. The van der Waals surface area contributed by atoms with Gasteiger partial charge in [-0.2, -0.15) is 0 Å². The fourth-order valence-electron chi connectivity index (χ4n) is 1.90. The van der Waals surface area contributed by atoms with E-state index in [1.165, 1.54) is 7.11 Å². The highest BCUT2D eigenvalue weighted by molar-refractivity contribution is 5.91. The smallest absolute Gasteiger partial charge is 0.338 e. The summed E-state index contributed by atoms with van der Waals surface area (Å²) in [5, 5.41) is 0. The van der Waals surface area contributed by atoms with Crippen molar-refractivity contribution in [1.82, 2.24) is 0 Å². The lowest BCUT2D eigenvalue weighted by molar-refractivity contribution is 0.0472. The number of ether oxygens (including phenoxy) is 2. The van der Waals surface area contributed by atoms with Gasteiger partial charge in [0.15, 0.2) is 0 Å². The first kappa shape index (κ1) is 13.9. The third-order valence-electron chi connectivity index (χ3n) is 2.92. The van der Waals surface area contributed by atoms with Crippen LogP contribution in [0.2, 0.25) is 0 Å². The maximum absolute atomic E-state index is 11.9. The van der Waals surface area contributed by atoms with Crippen molar-refractivity contribution in [3.05, 3.63) is 59.2 Å². The largest absolute Gasteiger partial charge is 0.495 e. The predicted octanol–water partition coefficient (Wildman–Crippen LogP) is 2.94. The van der Waals surface area contributed by atoms with Crippen molar-refractivity contribution in [3.63, 3.8) is 0 Å². The molecule has 0 fully saturated rings. The molecule has 0 heterocycles. The first-order valence-corrected chi connectivity index (χ1v) is 6.26. The molecule has 0 saturated carbocycles. The van der Waals surface area contributed by atoms with Gasteiger partial charge >= 0.3 is 5.97 Å². The molecule has 0 spiro atoms. The number of esters is 1. The number of carbonyl (C=O) groups excluding carboxylic acids is 1. The van der Waals surface area contributed by atoms with Gasteiger partial charge in [-0.15, -0.1) is 0 Å². The van der Waals surface area contributed by atoms with E-state index in [9.17, 15) is 4.79 Å². The van der Waals surface area contributed by atoms with Gasteiger partial charge in [-0.3, -0.25) is 0 Å². The fraction of sp³-hybridized carbons (Fsp3) is 0.188. The van der Waals surface area contributed by atoms with Crippen LogP contribution in [0.3, 0.4) is 0 Å². The molecule has 2 rings (SSSR count).